The van der Waals surface area contributed by atoms with E-state index >= 15 is 0 Å². The van der Waals surface area contributed by atoms with Crippen molar-refractivity contribution in [2.24, 2.45) is 5.73 Å². The summed E-state index contributed by atoms with van der Waals surface area (Å²) < 4.78 is 5.66. The number of aromatic nitrogens is 2. The number of nitrogens with zero attached hydrogens (tertiary/aromatic N) is 3. The lowest BCUT2D eigenvalue weighted by atomic mass is 10.1. The first-order valence-electron chi connectivity index (χ1n) is 6.25. The zero-order valence-corrected chi connectivity index (χ0v) is 10.6. The van der Waals surface area contributed by atoms with Crippen molar-refractivity contribution in [3.63, 3.8) is 0 Å². The molecule has 3 N–H and O–H groups in total. The third-order valence-electron chi connectivity index (χ3n) is 3.07. The smallest absolute Gasteiger partial charge is 0.162 e. The molecule has 1 saturated heterocycles. The second kappa shape index (κ2) is 5.77. The predicted octanol–water partition coefficient (Wildman–Crippen LogP) is 0.766. The summed E-state index contributed by atoms with van der Waals surface area (Å²) in [7, 11) is 0. The first-order valence-corrected chi connectivity index (χ1v) is 6.25. The van der Waals surface area contributed by atoms with Gasteiger partial charge in [-0.05, 0) is 25.8 Å². The number of nitrogens with one attached hydrogen (secondary N) is 1. The van der Waals surface area contributed by atoms with Crippen LogP contribution in [0.15, 0.2) is 12.3 Å². The lowest BCUT2D eigenvalue weighted by molar-refractivity contribution is 0.0525. The Morgan fingerprint density at radius 2 is 2.50 bits per heavy atom. The molecule has 18 heavy (non-hydrogen) atoms. The average Bonchev–Trinajstić information content (AvgIpc) is 2.39. The molecule has 1 atom stereocenters. The molecule has 0 aliphatic carbocycles. The van der Waals surface area contributed by atoms with Crippen LogP contribution in [-0.2, 0) is 4.74 Å². The fourth-order valence-electron chi connectivity index (χ4n) is 2.27. The molecule has 2 rings (SSSR count). The van der Waals surface area contributed by atoms with Crippen LogP contribution in [0.4, 0.5) is 5.82 Å². The van der Waals surface area contributed by atoms with Crippen LogP contribution in [0.2, 0.25) is 0 Å². The third-order valence-corrected chi connectivity index (χ3v) is 3.07. The van der Waals surface area contributed by atoms with Crippen LogP contribution in [0.25, 0.3) is 0 Å². The zero-order chi connectivity index (χ0) is 13.0. The lowest BCUT2D eigenvalue weighted by Gasteiger charge is -2.33. The Bertz CT molecular complexity index is 421. The summed E-state index contributed by atoms with van der Waals surface area (Å²) in [4.78, 5) is 2.10. The fourth-order valence-corrected chi connectivity index (χ4v) is 2.27. The summed E-state index contributed by atoms with van der Waals surface area (Å²) in [5.74, 6) is 0.716. The van der Waals surface area contributed by atoms with Crippen molar-refractivity contribution in [1.82, 2.24) is 10.2 Å². The van der Waals surface area contributed by atoms with Crippen molar-refractivity contribution in [3.05, 3.63) is 17.8 Å². The van der Waals surface area contributed by atoms with Gasteiger partial charge in [0.1, 0.15) is 5.84 Å². The van der Waals surface area contributed by atoms with E-state index in [0.29, 0.717) is 11.4 Å². The van der Waals surface area contributed by atoms with Gasteiger partial charge in [-0.25, -0.2) is 0 Å². The number of piperidine rings is 1. The lowest BCUT2D eigenvalue weighted by Crippen LogP contribution is -2.41. The van der Waals surface area contributed by atoms with Crippen molar-refractivity contribution in [1.29, 1.82) is 5.41 Å². The maximum Gasteiger partial charge on any atom is 0.162 e. The Kier molecular flexibility index (Phi) is 4.09. The molecular formula is C12H19N5O. The van der Waals surface area contributed by atoms with Gasteiger partial charge in [-0.2, -0.15) is 5.10 Å². The van der Waals surface area contributed by atoms with E-state index in [4.69, 9.17) is 15.9 Å². The standard InChI is InChI=1S/C12H19N5O/c1-2-18-9-4-3-7-17(8-9)12-10(11(13)14)5-6-15-16-12/h5-6,9H,2-4,7-8H2,1H3,(H3,13,14). The molecule has 0 bridgehead atoms. The van der Waals surface area contributed by atoms with Gasteiger partial charge in [0, 0.05) is 19.7 Å². The van der Waals surface area contributed by atoms with Gasteiger partial charge in [0.25, 0.3) is 0 Å². The minimum Gasteiger partial charge on any atom is -0.384 e. The molecule has 0 aromatic carbocycles. The Hall–Kier alpha value is -1.69. The Morgan fingerprint density at radius 3 is 3.22 bits per heavy atom. The summed E-state index contributed by atoms with van der Waals surface area (Å²) in [6.45, 7) is 4.41. The molecule has 1 aromatic rings. The quantitative estimate of drug-likeness (QED) is 0.607. The molecule has 1 fully saturated rings. The fraction of sp³-hybridized carbons (Fsp3) is 0.583. The van der Waals surface area contributed by atoms with Crippen LogP contribution < -0.4 is 10.6 Å². The van der Waals surface area contributed by atoms with Gasteiger partial charge in [-0.15, -0.1) is 5.10 Å². The Morgan fingerprint density at radius 1 is 1.67 bits per heavy atom. The molecule has 1 aromatic heterocycles. The van der Waals surface area contributed by atoms with Gasteiger partial charge in [-0.1, -0.05) is 0 Å². The number of anilines is 1. The molecule has 98 valence electrons. The monoisotopic (exact) mass is 249 g/mol. The molecule has 0 spiro atoms. The second-order valence-electron chi connectivity index (χ2n) is 4.35. The van der Waals surface area contributed by atoms with Gasteiger partial charge < -0.3 is 15.4 Å². The summed E-state index contributed by atoms with van der Waals surface area (Å²) in [6.07, 6.45) is 3.91. The van der Waals surface area contributed by atoms with E-state index in [2.05, 4.69) is 15.1 Å². The molecule has 1 aliphatic rings. The highest BCUT2D eigenvalue weighted by Crippen LogP contribution is 2.22. The topological polar surface area (TPSA) is 88.1 Å². The van der Waals surface area contributed by atoms with Crippen molar-refractivity contribution in [2.75, 3.05) is 24.6 Å². The zero-order valence-electron chi connectivity index (χ0n) is 10.6. The Labute approximate surface area is 107 Å². The summed E-state index contributed by atoms with van der Waals surface area (Å²) in [5, 5.41) is 15.6. The van der Waals surface area contributed by atoms with E-state index < -0.39 is 0 Å². The van der Waals surface area contributed by atoms with Gasteiger partial charge in [0.05, 0.1) is 17.9 Å². The summed E-state index contributed by atoms with van der Waals surface area (Å²) in [6, 6.07) is 1.73. The predicted molar refractivity (Wildman–Crippen MR) is 69.9 cm³/mol. The highest BCUT2D eigenvalue weighted by Gasteiger charge is 2.23. The molecule has 0 radical (unpaired) electrons. The van der Waals surface area contributed by atoms with E-state index in [0.717, 1.165) is 32.5 Å². The van der Waals surface area contributed by atoms with Gasteiger partial charge in [0.2, 0.25) is 0 Å². The Balaban J connectivity index is 2.18. The van der Waals surface area contributed by atoms with Crippen LogP contribution in [-0.4, -0.2) is 41.8 Å². The van der Waals surface area contributed by atoms with E-state index in [1.807, 2.05) is 6.92 Å². The molecular weight excluding hydrogens is 230 g/mol. The molecule has 2 heterocycles. The van der Waals surface area contributed by atoms with E-state index in [-0.39, 0.29) is 11.9 Å². The number of ether oxygens (including phenoxy) is 1. The minimum atomic E-state index is 0.0263. The second-order valence-corrected chi connectivity index (χ2v) is 4.35. The number of nitrogens with two attached hydrogens (primary N) is 1. The number of hydrogen-bond donors (Lipinski definition) is 2. The van der Waals surface area contributed by atoms with Crippen molar-refractivity contribution >= 4 is 11.7 Å². The van der Waals surface area contributed by atoms with Crippen LogP contribution in [0.1, 0.15) is 25.3 Å². The van der Waals surface area contributed by atoms with Crippen molar-refractivity contribution in [3.8, 4) is 0 Å². The van der Waals surface area contributed by atoms with E-state index in [1.54, 1.807) is 12.3 Å². The van der Waals surface area contributed by atoms with Gasteiger partial charge in [-0.3, -0.25) is 5.41 Å². The number of amidine groups is 1. The van der Waals surface area contributed by atoms with Crippen LogP contribution in [0.3, 0.4) is 0 Å². The molecule has 6 nitrogen and oxygen atoms in total. The maximum atomic E-state index is 7.58. The van der Waals surface area contributed by atoms with Crippen molar-refractivity contribution < 1.29 is 4.74 Å². The summed E-state index contributed by atoms with van der Waals surface area (Å²) in [5.41, 5.74) is 6.21. The SMILES string of the molecule is CCOC1CCCN(c2nnccc2C(=N)N)C1. The number of nitrogen functional groups attached to an aromatic ring is 1. The first kappa shape index (κ1) is 12.8. The van der Waals surface area contributed by atoms with Gasteiger partial charge >= 0.3 is 0 Å². The molecule has 6 heteroatoms. The molecule has 1 aliphatic heterocycles. The largest absolute Gasteiger partial charge is 0.384 e. The third kappa shape index (κ3) is 2.76. The highest BCUT2D eigenvalue weighted by atomic mass is 16.5. The highest BCUT2D eigenvalue weighted by molar-refractivity contribution is 5.99. The van der Waals surface area contributed by atoms with Crippen molar-refractivity contribution in [2.45, 2.75) is 25.9 Å². The first-order chi connectivity index (χ1) is 8.72. The van der Waals surface area contributed by atoms with E-state index in [1.165, 1.54) is 0 Å². The van der Waals surface area contributed by atoms with Gasteiger partial charge in [0.15, 0.2) is 5.82 Å². The molecule has 0 amide bonds. The average molecular weight is 249 g/mol. The minimum absolute atomic E-state index is 0.0263. The number of rotatable bonds is 4. The molecule has 0 saturated carbocycles. The van der Waals surface area contributed by atoms with Crippen LogP contribution in [0.5, 0.6) is 0 Å². The van der Waals surface area contributed by atoms with E-state index in [9.17, 15) is 0 Å². The van der Waals surface area contributed by atoms with Crippen LogP contribution in [0, 0.1) is 5.41 Å². The van der Waals surface area contributed by atoms with Crippen LogP contribution >= 0.6 is 0 Å². The summed E-state index contributed by atoms with van der Waals surface area (Å²) >= 11 is 0. The maximum absolute atomic E-state index is 7.58. The normalized spacial score (nSPS) is 19.8. The molecule has 1 unspecified atom stereocenters. The number of hydrogen-bond acceptors (Lipinski definition) is 5.